The zero-order valence-electron chi connectivity index (χ0n) is 19.5. The summed E-state index contributed by atoms with van der Waals surface area (Å²) in [5.74, 6) is 1.35. The van der Waals surface area contributed by atoms with E-state index in [9.17, 15) is 9.59 Å². The van der Waals surface area contributed by atoms with Gasteiger partial charge in [-0.05, 0) is 45.4 Å². The normalized spacial score (nSPS) is 15.2. The molecular formula is C24H28N6O3. The van der Waals surface area contributed by atoms with Gasteiger partial charge in [0.1, 0.15) is 17.3 Å². The summed E-state index contributed by atoms with van der Waals surface area (Å²) in [5, 5.41) is 7.07. The molecule has 9 nitrogen and oxygen atoms in total. The third-order valence-electron chi connectivity index (χ3n) is 5.69. The lowest BCUT2D eigenvalue weighted by Crippen LogP contribution is -2.39. The number of carbonyl (C=O) groups excluding carboxylic acids is 2. The van der Waals surface area contributed by atoms with Crippen molar-refractivity contribution in [2.75, 3.05) is 11.9 Å². The maximum Gasteiger partial charge on any atom is 0.329 e. The van der Waals surface area contributed by atoms with Gasteiger partial charge in [0.2, 0.25) is 5.91 Å². The average Bonchev–Trinajstić information content (AvgIpc) is 3.36. The van der Waals surface area contributed by atoms with Crippen molar-refractivity contribution in [2.45, 2.75) is 47.1 Å². The summed E-state index contributed by atoms with van der Waals surface area (Å²) >= 11 is 0. The number of aryl methyl sites for hydroxylation is 1. The molecule has 0 unspecified atom stereocenters. The van der Waals surface area contributed by atoms with Gasteiger partial charge in [-0.1, -0.05) is 13.8 Å². The smallest absolute Gasteiger partial charge is 0.329 e. The summed E-state index contributed by atoms with van der Waals surface area (Å²) in [5.41, 5.74) is 1.75. The highest BCUT2D eigenvalue weighted by atomic mass is 16.5. The topological polar surface area (TPSA) is 102 Å². The van der Waals surface area contributed by atoms with Gasteiger partial charge in [0.05, 0.1) is 17.6 Å². The van der Waals surface area contributed by atoms with E-state index in [1.165, 1.54) is 4.90 Å². The van der Waals surface area contributed by atoms with Crippen LogP contribution in [0.5, 0.6) is 11.5 Å². The zero-order chi connectivity index (χ0) is 23.8. The molecule has 1 aliphatic heterocycles. The Bertz CT molecular complexity index is 1200. The second kappa shape index (κ2) is 8.65. The van der Waals surface area contributed by atoms with Crippen molar-refractivity contribution in [3.05, 3.63) is 48.5 Å². The van der Waals surface area contributed by atoms with Crippen molar-refractivity contribution in [3.8, 4) is 22.8 Å². The van der Waals surface area contributed by atoms with Crippen LogP contribution in [0.25, 0.3) is 11.3 Å². The number of nitrogens with zero attached hydrogens (tertiary/aromatic N) is 5. The first-order chi connectivity index (χ1) is 15.6. The molecular weight excluding hydrogens is 420 g/mol. The number of likely N-dealkylation sites (tertiary alicyclic amines) is 1. The number of amides is 3. The van der Waals surface area contributed by atoms with E-state index >= 15 is 0 Å². The summed E-state index contributed by atoms with van der Waals surface area (Å²) < 4.78 is 7.90. The molecule has 0 spiro atoms. The minimum Gasteiger partial charge on any atom is -0.455 e. The largest absolute Gasteiger partial charge is 0.455 e. The number of pyridine rings is 2. The van der Waals surface area contributed by atoms with Crippen LogP contribution >= 0.6 is 0 Å². The first-order valence-corrected chi connectivity index (χ1v) is 10.9. The van der Waals surface area contributed by atoms with Gasteiger partial charge in [0.15, 0.2) is 0 Å². The number of anilines is 1. The molecule has 1 fully saturated rings. The number of carbonyl (C=O) groups is 2. The van der Waals surface area contributed by atoms with Crippen LogP contribution in [0, 0.1) is 12.3 Å². The number of aromatic nitrogens is 4. The lowest BCUT2D eigenvalue weighted by Gasteiger charge is -2.18. The van der Waals surface area contributed by atoms with Crippen molar-refractivity contribution in [2.24, 2.45) is 5.41 Å². The van der Waals surface area contributed by atoms with Crippen molar-refractivity contribution < 1.29 is 14.3 Å². The Kier molecular flexibility index (Phi) is 5.88. The molecule has 1 saturated heterocycles. The van der Waals surface area contributed by atoms with Gasteiger partial charge in [0, 0.05) is 42.0 Å². The third-order valence-corrected chi connectivity index (χ3v) is 5.69. The number of nitrogens with one attached hydrogen (secondary N) is 1. The molecule has 3 amide bonds. The van der Waals surface area contributed by atoms with Crippen LogP contribution < -0.4 is 10.1 Å². The van der Waals surface area contributed by atoms with Crippen LogP contribution in [0.3, 0.4) is 0 Å². The minimum absolute atomic E-state index is 0.177. The monoisotopic (exact) mass is 448 g/mol. The Morgan fingerprint density at radius 3 is 2.67 bits per heavy atom. The van der Waals surface area contributed by atoms with E-state index in [0.29, 0.717) is 36.0 Å². The molecule has 172 valence electrons. The molecule has 0 aromatic carbocycles. The molecule has 0 bridgehead atoms. The number of hydrogen-bond donors (Lipinski definition) is 1. The van der Waals surface area contributed by atoms with Crippen LogP contribution in [0.15, 0.2) is 42.9 Å². The van der Waals surface area contributed by atoms with Crippen molar-refractivity contribution >= 4 is 17.8 Å². The Labute approximate surface area is 192 Å². The fraction of sp³-hybridized carbons (Fsp3) is 0.375. The Hall–Kier alpha value is -3.75. The van der Waals surface area contributed by atoms with Crippen molar-refractivity contribution in [1.82, 2.24) is 24.6 Å². The summed E-state index contributed by atoms with van der Waals surface area (Å²) in [7, 11) is 0. The fourth-order valence-electron chi connectivity index (χ4n) is 3.57. The van der Waals surface area contributed by atoms with Gasteiger partial charge < -0.3 is 4.74 Å². The molecule has 1 aliphatic rings. The van der Waals surface area contributed by atoms with E-state index in [1.807, 2.05) is 30.8 Å². The predicted molar refractivity (Wildman–Crippen MR) is 124 cm³/mol. The van der Waals surface area contributed by atoms with E-state index in [1.54, 1.807) is 37.5 Å². The first kappa shape index (κ1) is 22.4. The van der Waals surface area contributed by atoms with E-state index in [0.717, 1.165) is 11.3 Å². The first-order valence-electron chi connectivity index (χ1n) is 10.9. The summed E-state index contributed by atoms with van der Waals surface area (Å²) in [6.45, 7) is 10.0. The highest BCUT2D eigenvalue weighted by Crippen LogP contribution is 2.31. The van der Waals surface area contributed by atoms with Gasteiger partial charge in [-0.15, -0.1) is 0 Å². The number of hydrogen-bond acceptors (Lipinski definition) is 6. The number of ether oxygens (including phenoxy) is 1. The number of imide groups is 1. The molecule has 9 heteroatoms. The molecule has 0 saturated carbocycles. The van der Waals surface area contributed by atoms with E-state index in [4.69, 9.17) is 4.74 Å². The van der Waals surface area contributed by atoms with Crippen LogP contribution in [0.4, 0.5) is 10.6 Å². The highest BCUT2D eigenvalue weighted by molar-refractivity contribution is 6.03. The maximum absolute atomic E-state index is 12.5. The lowest BCUT2D eigenvalue weighted by molar-refractivity contribution is -0.131. The molecule has 0 aliphatic carbocycles. The Morgan fingerprint density at radius 1 is 1.24 bits per heavy atom. The summed E-state index contributed by atoms with van der Waals surface area (Å²) in [6, 6.07) is 6.81. The molecule has 33 heavy (non-hydrogen) atoms. The van der Waals surface area contributed by atoms with Gasteiger partial charge in [-0.3, -0.25) is 24.7 Å². The number of urea groups is 1. The minimum atomic E-state index is -0.519. The van der Waals surface area contributed by atoms with Crippen molar-refractivity contribution in [1.29, 1.82) is 0 Å². The molecule has 0 atom stereocenters. The van der Waals surface area contributed by atoms with E-state index in [2.05, 4.69) is 34.2 Å². The summed E-state index contributed by atoms with van der Waals surface area (Å²) in [4.78, 5) is 35.0. The maximum atomic E-state index is 12.5. The van der Waals surface area contributed by atoms with Gasteiger partial charge >= 0.3 is 6.03 Å². The Balaban J connectivity index is 1.46. The molecule has 3 aromatic rings. The van der Waals surface area contributed by atoms with E-state index in [-0.39, 0.29) is 11.9 Å². The van der Waals surface area contributed by atoms with Crippen LogP contribution in [-0.4, -0.2) is 43.1 Å². The van der Waals surface area contributed by atoms with Gasteiger partial charge in [-0.2, -0.15) is 5.10 Å². The SMILES string of the molecule is Cc1nc(NC(=O)N2CCC(C)(C)C2=O)ccc1Oc1ccnc(-c2cnn(C(C)C)c2)c1. The molecule has 1 N–H and O–H groups in total. The second-order valence-corrected chi connectivity index (χ2v) is 9.08. The molecule has 3 aromatic heterocycles. The zero-order valence-corrected chi connectivity index (χ0v) is 19.5. The van der Waals surface area contributed by atoms with Crippen LogP contribution in [0.2, 0.25) is 0 Å². The highest BCUT2D eigenvalue weighted by Gasteiger charge is 2.41. The average molecular weight is 449 g/mol. The second-order valence-electron chi connectivity index (χ2n) is 9.08. The fourth-order valence-corrected chi connectivity index (χ4v) is 3.57. The van der Waals surface area contributed by atoms with Gasteiger partial charge in [-0.25, -0.2) is 9.78 Å². The Morgan fingerprint density at radius 2 is 2.03 bits per heavy atom. The summed E-state index contributed by atoms with van der Waals surface area (Å²) in [6.07, 6.45) is 6.06. The van der Waals surface area contributed by atoms with Crippen LogP contribution in [-0.2, 0) is 4.79 Å². The van der Waals surface area contributed by atoms with E-state index < -0.39 is 11.4 Å². The lowest BCUT2D eigenvalue weighted by atomic mass is 9.92. The molecule has 4 heterocycles. The number of rotatable bonds is 5. The quantitative estimate of drug-likeness (QED) is 0.601. The standard InChI is InChI=1S/C24H28N6O3/c1-15(2)30-14-17(13-26-30)19-12-18(8-10-25-19)33-20-6-7-21(27-16(20)3)28-23(32)29-11-9-24(4,5)22(29)31/h6-8,10,12-15H,9,11H2,1-5H3,(H,27,28,32). The predicted octanol–water partition coefficient (Wildman–Crippen LogP) is 4.81. The van der Waals surface area contributed by atoms with Crippen LogP contribution in [0.1, 0.15) is 45.9 Å². The van der Waals surface area contributed by atoms with Gasteiger partial charge in [0.25, 0.3) is 0 Å². The van der Waals surface area contributed by atoms with Crippen molar-refractivity contribution in [3.63, 3.8) is 0 Å². The molecule has 4 rings (SSSR count). The molecule has 0 radical (unpaired) electrons. The third kappa shape index (κ3) is 4.72.